The molecule has 0 aromatic carbocycles. The van der Waals surface area contributed by atoms with E-state index in [1.54, 1.807) is 6.92 Å². The second-order valence-corrected chi connectivity index (χ2v) is 2.83. The summed E-state index contributed by atoms with van der Waals surface area (Å²) in [6, 6.07) is 0. The number of hydrogen-bond acceptors (Lipinski definition) is 1. The van der Waals surface area contributed by atoms with Crippen LogP contribution in [0.4, 0.5) is 0 Å². The van der Waals surface area contributed by atoms with Gasteiger partial charge in [0.25, 0.3) is 0 Å². The minimum absolute atomic E-state index is 0.0434. The van der Waals surface area contributed by atoms with Gasteiger partial charge < -0.3 is 0 Å². The molecule has 0 N–H and O–H groups in total. The first-order valence-corrected chi connectivity index (χ1v) is 3.33. The lowest BCUT2D eigenvalue weighted by Crippen LogP contribution is -2.09. The summed E-state index contributed by atoms with van der Waals surface area (Å²) in [6.45, 7) is 5.29. The molecule has 1 nitrogen and oxygen atoms in total. The summed E-state index contributed by atoms with van der Waals surface area (Å²) in [4.78, 5) is 10.9. The van der Waals surface area contributed by atoms with Crippen molar-refractivity contribution in [1.82, 2.24) is 0 Å². The minimum atomic E-state index is 0.0434. The fourth-order valence-electron chi connectivity index (χ4n) is 1.13. The molecule has 0 aromatic heterocycles. The normalized spacial score (nSPS) is 21.0. The highest BCUT2D eigenvalue weighted by Crippen LogP contribution is 2.49. The van der Waals surface area contributed by atoms with Gasteiger partial charge in [-0.1, -0.05) is 6.08 Å². The third-order valence-corrected chi connectivity index (χ3v) is 2.14. The standard InChI is InChI=1S/C8H12O/c1-3-4-8(5-6-8)7(2)9/h3H,1,4-6H2,2H3. The molecule has 1 fully saturated rings. The van der Waals surface area contributed by atoms with E-state index in [0.717, 1.165) is 19.3 Å². The van der Waals surface area contributed by atoms with Crippen LogP contribution in [-0.2, 0) is 4.79 Å². The van der Waals surface area contributed by atoms with Crippen LogP contribution >= 0.6 is 0 Å². The van der Waals surface area contributed by atoms with Crippen LogP contribution in [0, 0.1) is 5.41 Å². The van der Waals surface area contributed by atoms with E-state index in [0.29, 0.717) is 5.78 Å². The number of ketones is 1. The van der Waals surface area contributed by atoms with Crippen LogP contribution in [0.1, 0.15) is 26.2 Å². The maximum atomic E-state index is 10.9. The molecule has 0 spiro atoms. The minimum Gasteiger partial charge on any atom is -0.299 e. The summed E-state index contributed by atoms with van der Waals surface area (Å²) in [6.07, 6.45) is 4.87. The van der Waals surface area contributed by atoms with Crippen molar-refractivity contribution in [3.63, 3.8) is 0 Å². The smallest absolute Gasteiger partial charge is 0.136 e. The van der Waals surface area contributed by atoms with E-state index in [1.807, 2.05) is 6.08 Å². The van der Waals surface area contributed by atoms with Crippen molar-refractivity contribution in [2.75, 3.05) is 0 Å². The number of rotatable bonds is 3. The zero-order chi connectivity index (χ0) is 6.91. The molecule has 1 heteroatoms. The van der Waals surface area contributed by atoms with Crippen molar-refractivity contribution in [1.29, 1.82) is 0 Å². The fourth-order valence-corrected chi connectivity index (χ4v) is 1.13. The topological polar surface area (TPSA) is 17.1 Å². The molecule has 9 heavy (non-hydrogen) atoms. The Hall–Kier alpha value is -0.590. The van der Waals surface area contributed by atoms with Crippen LogP contribution in [0.2, 0.25) is 0 Å². The highest BCUT2D eigenvalue weighted by atomic mass is 16.1. The zero-order valence-electron chi connectivity index (χ0n) is 5.81. The first-order valence-electron chi connectivity index (χ1n) is 3.33. The van der Waals surface area contributed by atoms with Gasteiger partial charge in [-0.3, -0.25) is 4.79 Å². The van der Waals surface area contributed by atoms with E-state index >= 15 is 0 Å². The first-order chi connectivity index (χ1) is 4.21. The molecule has 1 aliphatic rings. The van der Waals surface area contributed by atoms with Crippen LogP contribution in [0.25, 0.3) is 0 Å². The van der Waals surface area contributed by atoms with Crippen LogP contribution in [0.3, 0.4) is 0 Å². The molecule has 0 atom stereocenters. The van der Waals surface area contributed by atoms with E-state index in [1.165, 1.54) is 0 Å². The lowest BCUT2D eigenvalue weighted by Gasteiger charge is -2.04. The van der Waals surface area contributed by atoms with Crippen molar-refractivity contribution in [3.8, 4) is 0 Å². The van der Waals surface area contributed by atoms with Crippen LogP contribution < -0.4 is 0 Å². The van der Waals surface area contributed by atoms with E-state index < -0.39 is 0 Å². The Balaban J connectivity index is 2.52. The van der Waals surface area contributed by atoms with Gasteiger partial charge in [-0.2, -0.15) is 0 Å². The molecule has 0 heterocycles. The second-order valence-electron chi connectivity index (χ2n) is 2.83. The molecular formula is C8H12O. The summed E-state index contributed by atoms with van der Waals surface area (Å²) in [5, 5.41) is 0. The monoisotopic (exact) mass is 124 g/mol. The van der Waals surface area contributed by atoms with E-state index in [2.05, 4.69) is 6.58 Å². The molecule has 0 aliphatic heterocycles. The van der Waals surface area contributed by atoms with Gasteiger partial charge in [0, 0.05) is 5.41 Å². The maximum Gasteiger partial charge on any atom is 0.136 e. The average Bonchev–Trinajstić information content (AvgIpc) is 2.49. The predicted molar refractivity (Wildman–Crippen MR) is 37.2 cm³/mol. The Morgan fingerprint density at radius 3 is 2.44 bits per heavy atom. The van der Waals surface area contributed by atoms with E-state index in [9.17, 15) is 4.79 Å². The molecule has 0 radical (unpaired) electrons. The largest absolute Gasteiger partial charge is 0.299 e. The number of carbonyl (C=O) groups excluding carboxylic acids is 1. The molecule has 0 bridgehead atoms. The highest BCUT2D eigenvalue weighted by molar-refractivity contribution is 5.85. The van der Waals surface area contributed by atoms with Gasteiger partial charge in [-0.05, 0) is 26.2 Å². The lowest BCUT2D eigenvalue weighted by atomic mass is 9.98. The summed E-state index contributed by atoms with van der Waals surface area (Å²) < 4.78 is 0. The second kappa shape index (κ2) is 1.98. The molecule has 50 valence electrons. The predicted octanol–water partition coefficient (Wildman–Crippen LogP) is 1.93. The fraction of sp³-hybridized carbons (Fsp3) is 0.625. The van der Waals surface area contributed by atoms with Gasteiger partial charge in [-0.15, -0.1) is 6.58 Å². The van der Waals surface area contributed by atoms with Crippen molar-refractivity contribution < 1.29 is 4.79 Å². The van der Waals surface area contributed by atoms with Gasteiger partial charge >= 0.3 is 0 Å². The van der Waals surface area contributed by atoms with Gasteiger partial charge in [-0.25, -0.2) is 0 Å². The van der Waals surface area contributed by atoms with Crippen LogP contribution in [-0.4, -0.2) is 5.78 Å². The summed E-state index contributed by atoms with van der Waals surface area (Å²) in [5.74, 6) is 0.336. The molecule has 1 rings (SSSR count). The number of hydrogen-bond donors (Lipinski definition) is 0. The third-order valence-electron chi connectivity index (χ3n) is 2.14. The Kier molecular flexibility index (Phi) is 1.43. The van der Waals surface area contributed by atoms with Crippen LogP contribution in [0.15, 0.2) is 12.7 Å². The first kappa shape index (κ1) is 6.53. The Bertz CT molecular complexity index is 143. The zero-order valence-corrected chi connectivity index (χ0v) is 5.81. The molecule has 0 aromatic rings. The molecule has 0 saturated heterocycles. The Labute approximate surface area is 55.8 Å². The molecule has 0 unspecified atom stereocenters. The van der Waals surface area contributed by atoms with Crippen molar-refractivity contribution in [3.05, 3.63) is 12.7 Å². The number of carbonyl (C=O) groups is 1. The lowest BCUT2D eigenvalue weighted by molar-refractivity contribution is -0.121. The number of Topliss-reactive ketones (excluding diaryl/α,β-unsaturated/α-hetero) is 1. The van der Waals surface area contributed by atoms with Gasteiger partial charge in [0.1, 0.15) is 5.78 Å². The molecule has 0 amide bonds. The highest BCUT2D eigenvalue weighted by Gasteiger charge is 2.45. The van der Waals surface area contributed by atoms with Crippen LogP contribution in [0.5, 0.6) is 0 Å². The van der Waals surface area contributed by atoms with Crippen molar-refractivity contribution >= 4 is 5.78 Å². The molecule has 1 aliphatic carbocycles. The van der Waals surface area contributed by atoms with Gasteiger partial charge in [0.2, 0.25) is 0 Å². The Morgan fingerprint density at radius 2 is 2.33 bits per heavy atom. The van der Waals surface area contributed by atoms with Crippen molar-refractivity contribution in [2.45, 2.75) is 26.2 Å². The third kappa shape index (κ3) is 1.04. The maximum absolute atomic E-state index is 10.9. The quantitative estimate of drug-likeness (QED) is 0.525. The Morgan fingerprint density at radius 1 is 1.78 bits per heavy atom. The van der Waals surface area contributed by atoms with Crippen molar-refractivity contribution in [2.24, 2.45) is 5.41 Å². The summed E-state index contributed by atoms with van der Waals surface area (Å²) in [7, 11) is 0. The number of allylic oxidation sites excluding steroid dienone is 1. The van der Waals surface area contributed by atoms with Gasteiger partial charge in [0.15, 0.2) is 0 Å². The average molecular weight is 124 g/mol. The SMILES string of the molecule is C=CCC1(C(C)=O)CC1. The molecular weight excluding hydrogens is 112 g/mol. The van der Waals surface area contributed by atoms with E-state index in [-0.39, 0.29) is 5.41 Å². The van der Waals surface area contributed by atoms with Gasteiger partial charge in [0.05, 0.1) is 0 Å². The summed E-state index contributed by atoms with van der Waals surface area (Å²) >= 11 is 0. The summed E-state index contributed by atoms with van der Waals surface area (Å²) in [5.41, 5.74) is 0.0434. The van der Waals surface area contributed by atoms with E-state index in [4.69, 9.17) is 0 Å². The molecule has 1 saturated carbocycles.